The first-order valence-electron chi connectivity index (χ1n) is 33.6. The van der Waals surface area contributed by atoms with Gasteiger partial charge in [-0.05, 0) is 83.5 Å². The normalized spacial score (nSPS) is 14.3. The Labute approximate surface area is 496 Å². The Kier molecular flexibility index (Phi) is 59.0. The maximum atomic E-state index is 13.0. The molecule has 0 aromatic carbocycles. The van der Waals surface area contributed by atoms with Gasteiger partial charge < -0.3 is 19.8 Å². The highest BCUT2D eigenvalue weighted by molar-refractivity contribution is 7.47. The van der Waals surface area contributed by atoms with Crippen LogP contribution >= 0.6 is 7.82 Å². The number of nitrogens with zero attached hydrogens (tertiary/aromatic N) is 1. The largest absolute Gasteiger partial charge is 0.472 e. The lowest BCUT2D eigenvalue weighted by atomic mass is 10.0. The van der Waals surface area contributed by atoms with Crippen molar-refractivity contribution in [1.29, 1.82) is 0 Å². The molecule has 0 saturated heterocycles. The second kappa shape index (κ2) is 61.0. The van der Waals surface area contributed by atoms with E-state index in [1.807, 2.05) is 27.2 Å². The summed E-state index contributed by atoms with van der Waals surface area (Å²) in [6.45, 7) is 4.71. The molecule has 1 amide bonds. The van der Waals surface area contributed by atoms with E-state index in [4.69, 9.17) is 9.05 Å². The summed E-state index contributed by atoms with van der Waals surface area (Å²) in [5, 5.41) is 14.0. The van der Waals surface area contributed by atoms with Crippen LogP contribution in [0.15, 0.2) is 97.2 Å². The lowest BCUT2D eigenvalue weighted by molar-refractivity contribution is -0.870. The van der Waals surface area contributed by atoms with Crippen molar-refractivity contribution >= 4 is 13.7 Å². The van der Waals surface area contributed by atoms with Crippen LogP contribution in [0.2, 0.25) is 0 Å². The summed E-state index contributed by atoms with van der Waals surface area (Å²) in [4.78, 5) is 23.4. The van der Waals surface area contributed by atoms with Crippen LogP contribution in [0.1, 0.15) is 296 Å². The number of quaternary nitrogens is 1. The van der Waals surface area contributed by atoms with Crippen molar-refractivity contribution in [3.05, 3.63) is 97.2 Å². The molecule has 0 aliphatic heterocycles. The van der Waals surface area contributed by atoms with Gasteiger partial charge in [0.05, 0.1) is 39.9 Å². The number of nitrogens with one attached hydrogen (secondary N) is 1. The minimum Gasteiger partial charge on any atom is -0.387 e. The number of unbranched alkanes of at least 4 members (excludes halogenated alkanes) is 34. The molecular formula is C71H130N2O6P+. The predicted molar refractivity (Wildman–Crippen MR) is 350 cm³/mol. The Morgan fingerprint density at radius 3 is 1.15 bits per heavy atom. The summed E-state index contributed by atoms with van der Waals surface area (Å²) >= 11 is 0. The molecule has 0 spiro atoms. The minimum atomic E-state index is -4.37. The first kappa shape index (κ1) is 77.4. The van der Waals surface area contributed by atoms with E-state index < -0.39 is 20.0 Å². The van der Waals surface area contributed by atoms with Gasteiger partial charge >= 0.3 is 7.82 Å². The highest BCUT2D eigenvalue weighted by atomic mass is 31.2. The third kappa shape index (κ3) is 63.0. The van der Waals surface area contributed by atoms with Crippen LogP contribution in [0.4, 0.5) is 0 Å². The van der Waals surface area contributed by atoms with Crippen LogP contribution < -0.4 is 5.32 Å². The van der Waals surface area contributed by atoms with E-state index in [1.54, 1.807) is 6.08 Å². The summed E-state index contributed by atoms with van der Waals surface area (Å²) in [5.74, 6) is -0.188. The van der Waals surface area contributed by atoms with Crippen LogP contribution in [-0.4, -0.2) is 73.4 Å². The number of hydrogen-bond acceptors (Lipinski definition) is 5. The van der Waals surface area contributed by atoms with E-state index in [0.29, 0.717) is 17.4 Å². The zero-order valence-corrected chi connectivity index (χ0v) is 53.9. The van der Waals surface area contributed by atoms with E-state index in [0.717, 1.165) is 77.0 Å². The quantitative estimate of drug-likeness (QED) is 0.0243. The summed E-state index contributed by atoms with van der Waals surface area (Å²) in [7, 11) is 1.55. The zero-order valence-electron chi connectivity index (χ0n) is 53.0. The van der Waals surface area contributed by atoms with Crippen LogP contribution in [0.25, 0.3) is 0 Å². The number of likely N-dealkylation sites (N-methyl/N-ethyl adjacent to an activating group) is 1. The highest BCUT2D eigenvalue weighted by Crippen LogP contribution is 2.43. The van der Waals surface area contributed by atoms with Gasteiger partial charge in [0.2, 0.25) is 5.91 Å². The monoisotopic (exact) mass is 1140 g/mol. The molecule has 0 aliphatic rings. The molecule has 0 saturated carbocycles. The van der Waals surface area contributed by atoms with Crippen molar-refractivity contribution in [2.45, 2.75) is 309 Å². The van der Waals surface area contributed by atoms with Crippen LogP contribution in [-0.2, 0) is 18.4 Å². The number of hydrogen-bond donors (Lipinski definition) is 3. The Bertz CT molecular complexity index is 1620. The van der Waals surface area contributed by atoms with Crippen LogP contribution in [0.3, 0.4) is 0 Å². The molecule has 0 fully saturated rings. The second-order valence-corrected chi connectivity index (χ2v) is 25.3. The third-order valence-electron chi connectivity index (χ3n) is 14.8. The van der Waals surface area contributed by atoms with Gasteiger partial charge in [-0.15, -0.1) is 0 Å². The van der Waals surface area contributed by atoms with Crippen molar-refractivity contribution in [3.8, 4) is 0 Å². The van der Waals surface area contributed by atoms with Crippen molar-refractivity contribution in [2.75, 3.05) is 40.9 Å². The summed E-state index contributed by atoms with van der Waals surface area (Å²) in [6, 6.07) is -0.870. The Balaban J connectivity index is 4.14. The maximum Gasteiger partial charge on any atom is 0.472 e. The summed E-state index contributed by atoms with van der Waals surface area (Å²) in [6.07, 6.45) is 88.3. The van der Waals surface area contributed by atoms with E-state index in [2.05, 4.69) is 104 Å². The topological polar surface area (TPSA) is 105 Å². The van der Waals surface area contributed by atoms with Crippen molar-refractivity contribution < 1.29 is 32.9 Å². The SMILES string of the molecule is CC/C=C\C/C=C\C/C=C\C/C=C\C/C=C\C/C=C\CCCCCCCCCCCCCCCCC(=O)NC(COP(=O)(O)OCC[N+](C)(C)C)C(O)/C=C/CC/C=C/CCCCCCCCCCCCCCCCCCCCC. The van der Waals surface area contributed by atoms with Gasteiger partial charge in [-0.2, -0.15) is 0 Å². The van der Waals surface area contributed by atoms with E-state index in [-0.39, 0.29) is 19.1 Å². The number of aliphatic hydroxyl groups excluding tert-OH is 1. The molecule has 464 valence electrons. The Morgan fingerprint density at radius 1 is 0.438 bits per heavy atom. The number of phosphoric acid groups is 1. The standard InChI is InChI=1S/C71H129N2O6P/c1-6-8-10-12-14-16-18-20-22-24-26-28-30-32-33-34-35-36-37-38-39-41-43-45-47-49-51-53-55-57-59-61-63-65-71(75)72-69(68-79-80(76,77)78-67-66-73(3,4)5)70(74)64-62-60-58-56-54-52-50-48-46-44-42-40-31-29-27-25-23-21-19-17-15-13-11-9-7-2/h8,10,14,16,20,22,26,28,32-33,35-36,54,56,62,64,69-70,74H,6-7,9,11-13,15,17-19,21,23-25,27,29-31,34,37-53,55,57-61,63,65-68H2,1-5H3,(H-,72,75,76,77)/p+1/b10-8-,16-14-,22-20-,28-26-,33-32-,36-35-,56-54+,64-62+. The second-order valence-electron chi connectivity index (χ2n) is 23.8. The molecule has 0 bridgehead atoms. The first-order chi connectivity index (χ1) is 39.0. The number of carbonyl (C=O) groups excluding carboxylic acids is 1. The highest BCUT2D eigenvalue weighted by Gasteiger charge is 2.28. The maximum absolute atomic E-state index is 13.0. The van der Waals surface area contributed by atoms with E-state index in [1.165, 1.54) is 199 Å². The first-order valence-corrected chi connectivity index (χ1v) is 35.1. The van der Waals surface area contributed by atoms with Crippen LogP contribution in [0.5, 0.6) is 0 Å². The fourth-order valence-electron chi connectivity index (χ4n) is 9.59. The van der Waals surface area contributed by atoms with Gasteiger partial charge in [-0.1, -0.05) is 304 Å². The lowest BCUT2D eigenvalue weighted by Crippen LogP contribution is -2.45. The average molecular weight is 1140 g/mol. The molecule has 0 heterocycles. The molecule has 9 heteroatoms. The smallest absolute Gasteiger partial charge is 0.387 e. The van der Waals surface area contributed by atoms with Crippen molar-refractivity contribution in [3.63, 3.8) is 0 Å². The van der Waals surface area contributed by atoms with Crippen molar-refractivity contribution in [1.82, 2.24) is 5.32 Å². The molecule has 3 unspecified atom stereocenters. The number of allylic oxidation sites excluding steroid dienone is 15. The van der Waals surface area contributed by atoms with Crippen molar-refractivity contribution in [2.24, 2.45) is 0 Å². The minimum absolute atomic E-state index is 0.0532. The van der Waals surface area contributed by atoms with Gasteiger partial charge in [0, 0.05) is 6.42 Å². The average Bonchev–Trinajstić information content (AvgIpc) is 3.42. The fraction of sp³-hybridized carbons (Fsp3) is 0.761. The summed E-state index contributed by atoms with van der Waals surface area (Å²) < 4.78 is 23.8. The number of amides is 1. The molecular weight excluding hydrogens is 1010 g/mol. The molecule has 3 atom stereocenters. The molecule has 0 aliphatic carbocycles. The van der Waals surface area contributed by atoms with E-state index >= 15 is 0 Å². The predicted octanol–water partition coefficient (Wildman–Crippen LogP) is 21.3. The third-order valence-corrected chi connectivity index (χ3v) is 15.8. The molecule has 0 aromatic rings. The molecule has 0 aromatic heterocycles. The zero-order chi connectivity index (χ0) is 58.4. The molecule has 0 radical (unpaired) electrons. The van der Waals surface area contributed by atoms with E-state index in [9.17, 15) is 19.4 Å². The van der Waals surface area contributed by atoms with Gasteiger partial charge in [-0.3, -0.25) is 13.8 Å². The van der Waals surface area contributed by atoms with Gasteiger partial charge in [0.15, 0.2) is 0 Å². The Morgan fingerprint density at radius 2 is 0.762 bits per heavy atom. The molecule has 3 N–H and O–H groups in total. The number of aliphatic hydroxyl groups is 1. The number of phosphoric ester groups is 1. The lowest BCUT2D eigenvalue weighted by Gasteiger charge is -2.25. The number of carbonyl (C=O) groups is 1. The fourth-order valence-corrected chi connectivity index (χ4v) is 10.3. The van der Waals surface area contributed by atoms with Gasteiger partial charge in [-0.25, -0.2) is 4.57 Å². The van der Waals surface area contributed by atoms with Gasteiger partial charge in [0.25, 0.3) is 0 Å². The Hall–Kier alpha value is -2.58. The van der Waals surface area contributed by atoms with Gasteiger partial charge in [0.1, 0.15) is 13.2 Å². The summed E-state index contributed by atoms with van der Waals surface area (Å²) in [5.41, 5.74) is 0. The molecule has 8 nitrogen and oxygen atoms in total. The molecule has 0 rings (SSSR count). The van der Waals surface area contributed by atoms with Crippen LogP contribution in [0, 0.1) is 0 Å². The molecule has 80 heavy (non-hydrogen) atoms. The number of rotatable bonds is 61.